The standard InChI is InChI=1S/C9H17NO5S/c1-7(9(12)15-2)16(13,14)10-5-3-4-8(10)6-11/h7-8,11H,3-6H2,1-2H3/t7?,8-/m0/s1. The molecule has 7 heteroatoms. The van der Waals surface area contributed by atoms with Gasteiger partial charge in [0.15, 0.2) is 5.25 Å². The number of carbonyl (C=O) groups is 1. The first kappa shape index (κ1) is 13.4. The topological polar surface area (TPSA) is 83.9 Å². The molecule has 0 aromatic rings. The van der Waals surface area contributed by atoms with Crippen LogP contribution in [0.4, 0.5) is 0 Å². The number of methoxy groups -OCH3 is 1. The minimum atomic E-state index is -3.71. The second-order valence-corrected chi connectivity index (χ2v) is 6.01. The van der Waals surface area contributed by atoms with Gasteiger partial charge in [0.2, 0.25) is 10.0 Å². The van der Waals surface area contributed by atoms with Gasteiger partial charge in [-0.3, -0.25) is 4.79 Å². The fourth-order valence-electron chi connectivity index (χ4n) is 1.82. The van der Waals surface area contributed by atoms with Crippen LogP contribution in [0.5, 0.6) is 0 Å². The van der Waals surface area contributed by atoms with Gasteiger partial charge in [-0.2, -0.15) is 4.31 Å². The summed E-state index contributed by atoms with van der Waals surface area (Å²) in [4.78, 5) is 11.2. The fraction of sp³-hybridized carbons (Fsp3) is 0.889. The zero-order valence-corrected chi connectivity index (χ0v) is 10.2. The summed E-state index contributed by atoms with van der Waals surface area (Å²) in [6.45, 7) is 1.44. The summed E-state index contributed by atoms with van der Waals surface area (Å²) in [6.07, 6.45) is 1.34. The highest BCUT2D eigenvalue weighted by molar-refractivity contribution is 7.90. The number of hydrogen-bond acceptors (Lipinski definition) is 5. The maximum atomic E-state index is 12.0. The third-order valence-electron chi connectivity index (χ3n) is 2.84. The maximum absolute atomic E-state index is 12.0. The SMILES string of the molecule is COC(=O)C(C)S(=O)(=O)N1CCC[C@H]1CO. The van der Waals surface area contributed by atoms with Crippen LogP contribution in [0, 0.1) is 0 Å². The molecule has 1 unspecified atom stereocenters. The van der Waals surface area contributed by atoms with Gasteiger partial charge in [0.1, 0.15) is 0 Å². The van der Waals surface area contributed by atoms with Crippen molar-refractivity contribution in [2.24, 2.45) is 0 Å². The quantitative estimate of drug-likeness (QED) is 0.670. The molecular formula is C9H17NO5S. The number of sulfonamides is 1. The van der Waals surface area contributed by atoms with Crippen molar-refractivity contribution < 1.29 is 23.1 Å². The van der Waals surface area contributed by atoms with Gasteiger partial charge >= 0.3 is 5.97 Å². The van der Waals surface area contributed by atoms with Crippen molar-refractivity contribution >= 4 is 16.0 Å². The van der Waals surface area contributed by atoms with Crippen molar-refractivity contribution in [3.05, 3.63) is 0 Å². The average Bonchev–Trinajstić information content (AvgIpc) is 2.75. The summed E-state index contributed by atoms with van der Waals surface area (Å²) in [5.41, 5.74) is 0. The van der Waals surface area contributed by atoms with E-state index in [4.69, 9.17) is 5.11 Å². The summed E-state index contributed by atoms with van der Waals surface area (Å²) < 4.78 is 29.7. The second-order valence-electron chi connectivity index (χ2n) is 3.80. The molecule has 0 bridgehead atoms. The molecule has 0 aliphatic carbocycles. The van der Waals surface area contributed by atoms with E-state index in [2.05, 4.69) is 4.74 Å². The largest absolute Gasteiger partial charge is 0.468 e. The van der Waals surface area contributed by atoms with Crippen LogP contribution in [-0.2, 0) is 19.6 Å². The molecule has 1 rings (SSSR count). The van der Waals surface area contributed by atoms with Gasteiger partial charge in [-0.05, 0) is 19.8 Å². The van der Waals surface area contributed by atoms with Gasteiger partial charge in [0.05, 0.1) is 13.7 Å². The summed E-state index contributed by atoms with van der Waals surface area (Å²) in [6, 6.07) is -0.405. The number of aliphatic hydroxyl groups is 1. The summed E-state index contributed by atoms with van der Waals surface area (Å²) in [5, 5.41) is 7.84. The van der Waals surface area contributed by atoms with Crippen LogP contribution in [0.25, 0.3) is 0 Å². The van der Waals surface area contributed by atoms with Crippen molar-refractivity contribution in [3.63, 3.8) is 0 Å². The molecule has 1 N–H and O–H groups in total. The minimum absolute atomic E-state index is 0.215. The summed E-state index contributed by atoms with van der Waals surface area (Å²) in [7, 11) is -2.56. The van der Waals surface area contributed by atoms with E-state index in [0.29, 0.717) is 19.4 Å². The van der Waals surface area contributed by atoms with Crippen LogP contribution in [0.15, 0.2) is 0 Å². The first-order valence-corrected chi connectivity index (χ1v) is 6.64. The molecule has 6 nitrogen and oxygen atoms in total. The Labute approximate surface area is 95.2 Å². The molecule has 1 saturated heterocycles. The van der Waals surface area contributed by atoms with Crippen LogP contribution < -0.4 is 0 Å². The lowest BCUT2D eigenvalue weighted by Crippen LogP contribution is -2.45. The lowest BCUT2D eigenvalue weighted by Gasteiger charge is -2.24. The monoisotopic (exact) mass is 251 g/mol. The van der Waals surface area contributed by atoms with Crippen LogP contribution in [0.2, 0.25) is 0 Å². The van der Waals surface area contributed by atoms with Crippen LogP contribution >= 0.6 is 0 Å². The Morgan fingerprint density at radius 2 is 2.25 bits per heavy atom. The highest BCUT2D eigenvalue weighted by Crippen LogP contribution is 2.23. The first-order valence-electron chi connectivity index (χ1n) is 5.14. The van der Waals surface area contributed by atoms with Crippen molar-refractivity contribution in [3.8, 4) is 0 Å². The molecule has 0 aromatic carbocycles. The number of hydrogen-bond donors (Lipinski definition) is 1. The van der Waals surface area contributed by atoms with E-state index in [1.807, 2.05) is 0 Å². The predicted octanol–water partition coefficient (Wildman–Crippen LogP) is -0.666. The molecular weight excluding hydrogens is 234 g/mol. The fourth-order valence-corrected chi connectivity index (χ4v) is 3.53. The Morgan fingerprint density at radius 1 is 1.62 bits per heavy atom. The van der Waals surface area contributed by atoms with Crippen molar-refractivity contribution in [1.82, 2.24) is 4.31 Å². The van der Waals surface area contributed by atoms with Crippen molar-refractivity contribution in [2.75, 3.05) is 20.3 Å². The molecule has 94 valence electrons. The predicted molar refractivity (Wildman–Crippen MR) is 57.2 cm³/mol. The Morgan fingerprint density at radius 3 is 2.75 bits per heavy atom. The van der Waals surface area contributed by atoms with Gasteiger partial charge in [0.25, 0.3) is 0 Å². The molecule has 1 fully saturated rings. The maximum Gasteiger partial charge on any atom is 0.325 e. The van der Waals surface area contributed by atoms with Crippen LogP contribution in [0.3, 0.4) is 0 Å². The molecule has 0 amide bonds. The average molecular weight is 251 g/mol. The number of rotatable bonds is 4. The minimum Gasteiger partial charge on any atom is -0.468 e. The van der Waals surface area contributed by atoms with Gasteiger partial charge in [-0.25, -0.2) is 8.42 Å². The third kappa shape index (κ3) is 2.36. The molecule has 0 aromatic heterocycles. The van der Waals surface area contributed by atoms with Gasteiger partial charge in [-0.15, -0.1) is 0 Å². The Hall–Kier alpha value is -0.660. The first-order chi connectivity index (χ1) is 7.45. The highest BCUT2D eigenvalue weighted by Gasteiger charge is 2.40. The molecule has 0 spiro atoms. The zero-order valence-electron chi connectivity index (χ0n) is 9.42. The van der Waals surface area contributed by atoms with E-state index in [-0.39, 0.29) is 6.61 Å². The number of ether oxygens (including phenoxy) is 1. The van der Waals surface area contributed by atoms with Crippen LogP contribution in [0.1, 0.15) is 19.8 Å². The normalized spacial score (nSPS) is 24.3. The summed E-state index contributed by atoms with van der Waals surface area (Å²) in [5.74, 6) is -0.774. The lowest BCUT2D eigenvalue weighted by atomic mass is 10.2. The number of carbonyl (C=O) groups excluding carboxylic acids is 1. The van der Waals surface area contributed by atoms with E-state index in [1.54, 1.807) is 0 Å². The summed E-state index contributed by atoms with van der Waals surface area (Å²) >= 11 is 0. The molecule has 16 heavy (non-hydrogen) atoms. The van der Waals surface area contributed by atoms with Gasteiger partial charge in [-0.1, -0.05) is 0 Å². The van der Waals surface area contributed by atoms with Crippen LogP contribution in [-0.4, -0.2) is 55.4 Å². The molecule has 1 aliphatic heterocycles. The second kappa shape index (κ2) is 5.11. The molecule has 1 heterocycles. The Kier molecular flexibility index (Phi) is 4.28. The Bertz CT molecular complexity index is 353. The smallest absolute Gasteiger partial charge is 0.325 e. The van der Waals surface area contributed by atoms with E-state index >= 15 is 0 Å². The molecule has 1 aliphatic rings. The lowest BCUT2D eigenvalue weighted by molar-refractivity contribution is -0.139. The van der Waals surface area contributed by atoms with E-state index in [9.17, 15) is 13.2 Å². The number of nitrogens with zero attached hydrogens (tertiary/aromatic N) is 1. The van der Waals surface area contributed by atoms with E-state index in [0.717, 1.165) is 7.11 Å². The molecule has 2 atom stereocenters. The van der Waals surface area contributed by atoms with Gasteiger partial charge in [0, 0.05) is 12.6 Å². The Balaban J connectivity index is 2.88. The van der Waals surface area contributed by atoms with E-state index in [1.165, 1.54) is 11.2 Å². The molecule has 0 saturated carbocycles. The van der Waals surface area contributed by atoms with Gasteiger partial charge < -0.3 is 9.84 Å². The zero-order chi connectivity index (χ0) is 12.3. The third-order valence-corrected chi connectivity index (χ3v) is 5.06. The number of esters is 1. The number of aliphatic hydroxyl groups excluding tert-OH is 1. The van der Waals surface area contributed by atoms with E-state index < -0.39 is 27.3 Å². The molecule has 0 radical (unpaired) electrons. The van der Waals surface area contributed by atoms with Crippen molar-refractivity contribution in [2.45, 2.75) is 31.1 Å². The van der Waals surface area contributed by atoms with Crippen molar-refractivity contribution in [1.29, 1.82) is 0 Å². The highest BCUT2D eigenvalue weighted by atomic mass is 32.2.